The molecule has 0 aliphatic rings. The van der Waals surface area contributed by atoms with Gasteiger partial charge in [-0.2, -0.15) is 0 Å². The molecule has 28 heavy (non-hydrogen) atoms. The number of rotatable bonds is 7. The van der Waals surface area contributed by atoms with Gasteiger partial charge < -0.3 is 9.47 Å². The molecule has 0 atom stereocenters. The number of halogens is 1. The third-order valence-corrected chi connectivity index (χ3v) is 6.22. The summed E-state index contributed by atoms with van der Waals surface area (Å²) in [7, 11) is -0.712. The SMILES string of the molecule is COc1ccc(CN(c2cccc(Cl)c2)S(=O)(=O)c2ccccc2)cc1OC. The van der Waals surface area contributed by atoms with Crippen LogP contribution in [0.3, 0.4) is 0 Å². The van der Waals surface area contributed by atoms with Gasteiger partial charge in [-0.25, -0.2) is 8.42 Å². The maximum atomic E-state index is 13.4. The number of benzene rings is 3. The summed E-state index contributed by atoms with van der Waals surface area (Å²) in [6.07, 6.45) is 0. The van der Waals surface area contributed by atoms with E-state index < -0.39 is 10.0 Å². The van der Waals surface area contributed by atoms with Crippen molar-refractivity contribution in [1.82, 2.24) is 0 Å². The number of methoxy groups -OCH3 is 2. The third kappa shape index (κ3) is 4.24. The summed E-state index contributed by atoms with van der Waals surface area (Å²) in [5.74, 6) is 1.11. The summed E-state index contributed by atoms with van der Waals surface area (Å²) in [5, 5.41) is 0.457. The lowest BCUT2D eigenvalue weighted by Gasteiger charge is -2.25. The van der Waals surface area contributed by atoms with Gasteiger partial charge in [-0.1, -0.05) is 41.9 Å². The van der Waals surface area contributed by atoms with Crippen LogP contribution in [0, 0.1) is 0 Å². The van der Waals surface area contributed by atoms with Gasteiger partial charge in [0.15, 0.2) is 11.5 Å². The quantitative estimate of drug-likeness (QED) is 0.556. The van der Waals surface area contributed by atoms with Crippen molar-refractivity contribution in [1.29, 1.82) is 0 Å². The monoisotopic (exact) mass is 417 g/mol. The minimum atomic E-state index is -3.80. The smallest absolute Gasteiger partial charge is 0.264 e. The van der Waals surface area contributed by atoms with Crippen LogP contribution in [0.1, 0.15) is 5.56 Å². The lowest BCUT2D eigenvalue weighted by Crippen LogP contribution is -2.30. The van der Waals surface area contributed by atoms with Gasteiger partial charge in [0.1, 0.15) is 0 Å². The molecule has 0 aliphatic heterocycles. The molecule has 0 saturated carbocycles. The summed E-state index contributed by atoms with van der Waals surface area (Å²) >= 11 is 6.12. The first-order valence-corrected chi connectivity index (χ1v) is 10.3. The van der Waals surface area contributed by atoms with Crippen LogP contribution in [0.4, 0.5) is 5.69 Å². The highest BCUT2D eigenvalue weighted by molar-refractivity contribution is 7.92. The number of anilines is 1. The summed E-state index contributed by atoms with van der Waals surface area (Å²) in [6, 6.07) is 20.4. The molecule has 0 aliphatic carbocycles. The second kappa shape index (κ2) is 8.54. The Bertz CT molecular complexity index is 1060. The Morgan fingerprint density at radius 1 is 0.857 bits per heavy atom. The van der Waals surface area contributed by atoms with E-state index >= 15 is 0 Å². The topological polar surface area (TPSA) is 55.8 Å². The Morgan fingerprint density at radius 3 is 2.21 bits per heavy atom. The fourth-order valence-corrected chi connectivity index (χ4v) is 4.46. The molecule has 0 spiro atoms. The molecular formula is C21H20ClNO4S. The molecule has 3 rings (SSSR count). The molecular weight excluding hydrogens is 398 g/mol. The van der Waals surface area contributed by atoms with E-state index in [1.54, 1.807) is 79.9 Å². The van der Waals surface area contributed by atoms with Crippen LogP contribution in [-0.2, 0) is 16.6 Å². The standard InChI is InChI=1S/C21H20ClNO4S/c1-26-20-12-11-16(13-21(20)27-2)15-23(18-8-6-7-17(22)14-18)28(24,25)19-9-4-3-5-10-19/h3-14H,15H2,1-2H3. The van der Waals surface area contributed by atoms with Crippen molar-refractivity contribution in [3.8, 4) is 11.5 Å². The zero-order valence-corrected chi connectivity index (χ0v) is 17.1. The first-order chi connectivity index (χ1) is 13.5. The molecule has 0 unspecified atom stereocenters. The molecule has 0 saturated heterocycles. The van der Waals surface area contributed by atoms with Crippen molar-refractivity contribution in [3.05, 3.63) is 83.4 Å². The van der Waals surface area contributed by atoms with Crippen LogP contribution in [0.25, 0.3) is 0 Å². The molecule has 5 nitrogen and oxygen atoms in total. The lowest BCUT2D eigenvalue weighted by atomic mass is 10.2. The maximum absolute atomic E-state index is 13.4. The molecule has 146 valence electrons. The zero-order chi connectivity index (χ0) is 20.1. The molecule has 0 radical (unpaired) electrons. The fourth-order valence-electron chi connectivity index (χ4n) is 2.81. The molecule has 0 amide bonds. The van der Waals surface area contributed by atoms with Crippen molar-refractivity contribution in [2.75, 3.05) is 18.5 Å². The molecule has 0 N–H and O–H groups in total. The average molecular weight is 418 g/mol. The van der Waals surface area contributed by atoms with E-state index in [4.69, 9.17) is 21.1 Å². The van der Waals surface area contributed by atoms with Crippen LogP contribution >= 0.6 is 11.6 Å². The highest BCUT2D eigenvalue weighted by Gasteiger charge is 2.25. The van der Waals surface area contributed by atoms with Gasteiger partial charge in [-0.05, 0) is 48.0 Å². The van der Waals surface area contributed by atoms with Crippen molar-refractivity contribution < 1.29 is 17.9 Å². The van der Waals surface area contributed by atoms with Crippen molar-refractivity contribution in [2.24, 2.45) is 0 Å². The van der Waals surface area contributed by atoms with Crippen LogP contribution in [0.15, 0.2) is 77.7 Å². The fraction of sp³-hybridized carbons (Fsp3) is 0.143. The second-order valence-electron chi connectivity index (χ2n) is 5.99. The largest absolute Gasteiger partial charge is 0.493 e. The summed E-state index contributed by atoms with van der Waals surface area (Å²) in [6.45, 7) is 0.109. The van der Waals surface area contributed by atoms with E-state index in [9.17, 15) is 8.42 Å². The molecule has 0 heterocycles. The minimum Gasteiger partial charge on any atom is -0.493 e. The number of sulfonamides is 1. The summed E-state index contributed by atoms with van der Waals surface area (Å²) in [5.41, 5.74) is 1.23. The Balaban J connectivity index is 2.07. The molecule has 0 bridgehead atoms. The van der Waals surface area contributed by atoms with Gasteiger partial charge in [-0.15, -0.1) is 0 Å². The third-order valence-electron chi connectivity index (χ3n) is 4.20. The molecule has 3 aromatic rings. The van der Waals surface area contributed by atoms with Gasteiger partial charge >= 0.3 is 0 Å². The predicted octanol–water partition coefficient (Wildman–Crippen LogP) is 4.75. The van der Waals surface area contributed by atoms with Crippen molar-refractivity contribution in [3.63, 3.8) is 0 Å². The van der Waals surface area contributed by atoms with E-state index in [1.807, 2.05) is 0 Å². The van der Waals surface area contributed by atoms with Crippen LogP contribution < -0.4 is 13.8 Å². The predicted molar refractivity (Wildman–Crippen MR) is 111 cm³/mol. The van der Waals surface area contributed by atoms with E-state index in [0.717, 1.165) is 5.56 Å². The highest BCUT2D eigenvalue weighted by atomic mass is 35.5. The molecule has 7 heteroatoms. The van der Waals surface area contributed by atoms with Crippen LogP contribution in [0.5, 0.6) is 11.5 Å². The van der Waals surface area contributed by atoms with Crippen LogP contribution in [-0.4, -0.2) is 22.6 Å². The first-order valence-electron chi connectivity index (χ1n) is 8.50. The van der Waals surface area contributed by atoms with E-state index in [1.165, 1.54) is 11.4 Å². The number of hydrogen-bond acceptors (Lipinski definition) is 4. The second-order valence-corrected chi connectivity index (χ2v) is 8.29. The van der Waals surface area contributed by atoms with Gasteiger partial charge in [-0.3, -0.25) is 4.31 Å². The first kappa shape index (κ1) is 20.0. The average Bonchev–Trinajstić information content (AvgIpc) is 2.72. The van der Waals surface area contributed by atoms with E-state index in [2.05, 4.69) is 0 Å². The highest BCUT2D eigenvalue weighted by Crippen LogP contribution is 2.31. The Morgan fingerprint density at radius 2 is 1.57 bits per heavy atom. The number of nitrogens with zero attached hydrogens (tertiary/aromatic N) is 1. The maximum Gasteiger partial charge on any atom is 0.264 e. The summed E-state index contributed by atoms with van der Waals surface area (Å²) < 4.78 is 38.6. The number of ether oxygens (including phenoxy) is 2. The summed E-state index contributed by atoms with van der Waals surface area (Å²) in [4.78, 5) is 0.204. The molecule has 3 aromatic carbocycles. The Kier molecular flexibility index (Phi) is 6.11. The van der Waals surface area contributed by atoms with Gasteiger partial charge in [0.05, 0.1) is 31.3 Å². The normalized spacial score (nSPS) is 11.1. The van der Waals surface area contributed by atoms with Crippen molar-refractivity contribution in [2.45, 2.75) is 11.4 Å². The Hall–Kier alpha value is -2.70. The van der Waals surface area contributed by atoms with Gasteiger partial charge in [0.25, 0.3) is 10.0 Å². The minimum absolute atomic E-state index is 0.109. The van der Waals surface area contributed by atoms with Crippen LogP contribution in [0.2, 0.25) is 5.02 Å². The van der Waals surface area contributed by atoms with Crippen molar-refractivity contribution >= 4 is 27.3 Å². The molecule has 0 fully saturated rings. The molecule has 0 aromatic heterocycles. The van der Waals surface area contributed by atoms with E-state index in [0.29, 0.717) is 22.2 Å². The van der Waals surface area contributed by atoms with E-state index in [-0.39, 0.29) is 11.4 Å². The Labute approximate surface area is 170 Å². The zero-order valence-electron chi connectivity index (χ0n) is 15.5. The van der Waals surface area contributed by atoms with Gasteiger partial charge in [0.2, 0.25) is 0 Å². The lowest BCUT2D eigenvalue weighted by molar-refractivity contribution is 0.354. The van der Waals surface area contributed by atoms with Gasteiger partial charge in [0, 0.05) is 5.02 Å². The number of hydrogen-bond donors (Lipinski definition) is 0.